The Morgan fingerprint density at radius 1 is 1.00 bits per heavy atom. The Hall–Kier alpha value is -2.44. The summed E-state index contributed by atoms with van der Waals surface area (Å²) in [6, 6.07) is 15.4. The molecule has 6 rings (SSSR count). The molecule has 1 spiro atoms. The zero-order chi connectivity index (χ0) is 21.5. The Bertz CT molecular complexity index is 1090. The lowest BCUT2D eigenvalue weighted by molar-refractivity contribution is 0.0127. The first-order valence-corrected chi connectivity index (χ1v) is 12.1. The molecule has 3 aliphatic heterocycles. The summed E-state index contributed by atoms with van der Waals surface area (Å²) in [4.78, 5) is 2.50. The van der Waals surface area contributed by atoms with Crippen molar-refractivity contribution in [2.24, 2.45) is 5.41 Å². The van der Waals surface area contributed by atoms with E-state index in [-0.39, 0.29) is 6.10 Å². The molecule has 3 fully saturated rings. The normalized spacial score (nSPS) is 25.2. The maximum absolute atomic E-state index is 6.05. The monoisotopic (exact) mass is 432 g/mol. The highest BCUT2D eigenvalue weighted by molar-refractivity contribution is 5.95. The third-order valence-electron chi connectivity index (χ3n) is 8.12. The molecule has 0 bridgehead atoms. The highest BCUT2D eigenvalue weighted by Crippen LogP contribution is 2.46. The molecule has 1 aromatic heterocycles. The number of anilines is 1. The Morgan fingerprint density at radius 3 is 2.69 bits per heavy atom. The van der Waals surface area contributed by atoms with Crippen LogP contribution < -0.4 is 4.90 Å². The van der Waals surface area contributed by atoms with Crippen LogP contribution in [0.4, 0.5) is 5.95 Å². The van der Waals surface area contributed by atoms with Gasteiger partial charge < -0.3 is 14.4 Å². The van der Waals surface area contributed by atoms with E-state index in [1.165, 1.54) is 17.2 Å². The van der Waals surface area contributed by atoms with Crippen LogP contribution in [0.3, 0.4) is 0 Å². The van der Waals surface area contributed by atoms with E-state index < -0.39 is 0 Å². The van der Waals surface area contributed by atoms with E-state index in [1.54, 1.807) is 0 Å². The second kappa shape index (κ2) is 8.16. The SMILES string of the molecule is CC1N(c2nnc(-c3cccc4ccccc34)n2CC2CCCO2)CCC12CCOCC2. The summed E-state index contributed by atoms with van der Waals surface area (Å²) in [7, 11) is 0. The molecule has 2 atom stereocenters. The van der Waals surface area contributed by atoms with E-state index in [9.17, 15) is 0 Å². The third-order valence-corrected chi connectivity index (χ3v) is 8.12. The summed E-state index contributed by atoms with van der Waals surface area (Å²) in [6.07, 6.45) is 5.95. The Balaban J connectivity index is 1.43. The van der Waals surface area contributed by atoms with E-state index in [0.717, 1.165) is 75.9 Å². The molecule has 2 unspecified atom stereocenters. The molecule has 3 aromatic rings. The summed E-state index contributed by atoms with van der Waals surface area (Å²) in [6.45, 7) is 6.82. The van der Waals surface area contributed by atoms with Crippen LogP contribution >= 0.6 is 0 Å². The van der Waals surface area contributed by atoms with Gasteiger partial charge in [-0.1, -0.05) is 42.5 Å². The lowest BCUT2D eigenvalue weighted by Gasteiger charge is -2.39. The van der Waals surface area contributed by atoms with Gasteiger partial charge in [-0.3, -0.25) is 4.57 Å². The summed E-state index contributed by atoms with van der Waals surface area (Å²) < 4.78 is 14.1. The summed E-state index contributed by atoms with van der Waals surface area (Å²) in [5.74, 6) is 1.95. The highest BCUT2D eigenvalue weighted by Gasteiger charge is 2.47. The minimum atomic E-state index is 0.230. The molecule has 0 amide bonds. The van der Waals surface area contributed by atoms with E-state index in [0.29, 0.717) is 11.5 Å². The van der Waals surface area contributed by atoms with Crippen molar-refractivity contribution < 1.29 is 9.47 Å². The second-order valence-electron chi connectivity index (χ2n) is 9.69. The molecule has 0 radical (unpaired) electrons. The van der Waals surface area contributed by atoms with Gasteiger partial charge in [0.15, 0.2) is 5.82 Å². The summed E-state index contributed by atoms with van der Waals surface area (Å²) >= 11 is 0. The van der Waals surface area contributed by atoms with Gasteiger partial charge in [-0.05, 0) is 55.2 Å². The van der Waals surface area contributed by atoms with Crippen LogP contribution in [-0.2, 0) is 16.0 Å². The molecule has 4 heterocycles. The maximum Gasteiger partial charge on any atom is 0.227 e. The summed E-state index contributed by atoms with van der Waals surface area (Å²) in [5, 5.41) is 12.0. The van der Waals surface area contributed by atoms with Crippen LogP contribution in [0.5, 0.6) is 0 Å². The van der Waals surface area contributed by atoms with Gasteiger partial charge in [0.05, 0.1) is 12.6 Å². The van der Waals surface area contributed by atoms with Gasteiger partial charge >= 0.3 is 0 Å². The van der Waals surface area contributed by atoms with Crippen LogP contribution in [0.1, 0.15) is 39.0 Å². The van der Waals surface area contributed by atoms with Crippen LogP contribution in [-0.4, -0.2) is 53.3 Å². The Kier molecular flexibility index (Phi) is 5.15. The smallest absolute Gasteiger partial charge is 0.227 e. The van der Waals surface area contributed by atoms with Gasteiger partial charge in [0.25, 0.3) is 0 Å². The molecule has 3 saturated heterocycles. The van der Waals surface area contributed by atoms with Crippen LogP contribution in [0.2, 0.25) is 0 Å². The summed E-state index contributed by atoms with van der Waals surface area (Å²) in [5.41, 5.74) is 1.48. The number of fused-ring (bicyclic) bond motifs is 1. The van der Waals surface area contributed by atoms with Crippen molar-refractivity contribution in [2.75, 3.05) is 31.3 Å². The van der Waals surface area contributed by atoms with Crippen molar-refractivity contribution in [3.05, 3.63) is 42.5 Å². The van der Waals surface area contributed by atoms with Gasteiger partial charge in [-0.2, -0.15) is 0 Å². The first-order valence-electron chi connectivity index (χ1n) is 12.1. The fourth-order valence-corrected chi connectivity index (χ4v) is 6.08. The van der Waals surface area contributed by atoms with Crippen molar-refractivity contribution in [1.29, 1.82) is 0 Å². The van der Waals surface area contributed by atoms with Crippen molar-refractivity contribution in [3.8, 4) is 11.4 Å². The first kappa shape index (κ1) is 20.2. The number of rotatable bonds is 4. The second-order valence-corrected chi connectivity index (χ2v) is 9.69. The van der Waals surface area contributed by atoms with Crippen molar-refractivity contribution in [1.82, 2.24) is 14.8 Å². The van der Waals surface area contributed by atoms with Crippen molar-refractivity contribution in [2.45, 2.75) is 57.7 Å². The zero-order valence-electron chi connectivity index (χ0n) is 18.9. The van der Waals surface area contributed by atoms with E-state index in [1.807, 2.05) is 0 Å². The topological polar surface area (TPSA) is 52.4 Å². The fourth-order valence-electron chi connectivity index (χ4n) is 6.08. The van der Waals surface area contributed by atoms with Crippen LogP contribution in [0.25, 0.3) is 22.2 Å². The number of benzene rings is 2. The highest BCUT2D eigenvalue weighted by atomic mass is 16.5. The molecule has 0 aliphatic carbocycles. The van der Waals surface area contributed by atoms with E-state index in [2.05, 4.69) is 58.9 Å². The van der Waals surface area contributed by atoms with Crippen molar-refractivity contribution in [3.63, 3.8) is 0 Å². The molecule has 6 nitrogen and oxygen atoms in total. The predicted molar refractivity (Wildman–Crippen MR) is 126 cm³/mol. The average Bonchev–Trinajstić information content (AvgIpc) is 3.56. The zero-order valence-corrected chi connectivity index (χ0v) is 18.9. The quantitative estimate of drug-likeness (QED) is 0.600. The van der Waals surface area contributed by atoms with Crippen LogP contribution in [0.15, 0.2) is 42.5 Å². The molecular formula is C26H32N4O2. The molecule has 0 N–H and O–H groups in total. The first-order chi connectivity index (χ1) is 15.8. The molecule has 32 heavy (non-hydrogen) atoms. The standard InChI is InChI=1S/C26H32N4O2/c1-19-26(12-16-31-17-13-26)11-14-29(19)25-28-27-24(30(25)18-21-8-5-15-32-21)23-10-4-7-20-6-2-3-9-22(20)23/h2-4,6-7,9-10,19,21H,5,8,11-18H2,1H3. The molecular weight excluding hydrogens is 400 g/mol. The lowest BCUT2D eigenvalue weighted by Crippen LogP contribution is -2.42. The number of nitrogens with zero attached hydrogens (tertiary/aromatic N) is 4. The average molecular weight is 433 g/mol. The lowest BCUT2D eigenvalue weighted by atomic mass is 9.74. The van der Waals surface area contributed by atoms with Crippen molar-refractivity contribution >= 4 is 16.7 Å². The number of aromatic nitrogens is 3. The van der Waals surface area contributed by atoms with E-state index in [4.69, 9.17) is 19.7 Å². The van der Waals surface area contributed by atoms with Gasteiger partial charge in [0.2, 0.25) is 5.95 Å². The Morgan fingerprint density at radius 2 is 1.84 bits per heavy atom. The molecule has 168 valence electrons. The minimum Gasteiger partial charge on any atom is -0.381 e. The Labute approximate surface area is 189 Å². The minimum absolute atomic E-state index is 0.230. The van der Waals surface area contributed by atoms with Crippen LogP contribution in [0, 0.1) is 5.41 Å². The van der Waals surface area contributed by atoms with Gasteiger partial charge in [0.1, 0.15) is 0 Å². The largest absolute Gasteiger partial charge is 0.381 e. The molecule has 0 saturated carbocycles. The number of hydrogen-bond donors (Lipinski definition) is 0. The molecule has 6 heteroatoms. The molecule has 2 aromatic carbocycles. The number of hydrogen-bond acceptors (Lipinski definition) is 5. The van der Waals surface area contributed by atoms with E-state index >= 15 is 0 Å². The number of ether oxygens (including phenoxy) is 2. The van der Waals surface area contributed by atoms with Gasteiger partial charge in [-0.25, -0.2) is 0 Å². The van der Waals surface area contributed by atoms with Gasteiger partial charge in [0, 0.05) is 38.0 Å². The van der Waals surface area contributed by atoms with Gasteiger partial charge in [-0.15, -0.1) is 10.2 Å². The maximum atomic E-state index is 6.05. The fraction of sp³-hybridized carbons (Fsp3) is 0.538. The third kappa shape index (κ3) is 3.32. The molecule has 3 aliphatic rings. The predicted octanol–water partition coefficient (Wildman–Crippen LogP) is 4.67.